The van der Waals surface area contributed by atoms with Gasteiger partial charge >= 0.3 is 15.2 Å². The zero-order valence-electron chi connectivity index (χ0n) is 6.57. The highest BCUT2D eigenvalue weighted by Gasteiger charge is 2.35. The Morgan fingerprint density at radius 1 is 1.50 bits per heavy atom. The summed E-state index contributed by atoms with van der Waals surface area (Å²) in [5.41, 5.74) is 0. The zero-order valence-corrected chi connectivity index (χ0v) is 7.57. The first-order valence-corrected chi connectivity index (χ1v) is 5.21. The molecule has 12 heavy (non-hydrogen) atoms. The van der Waals surface area contributed by atoms with Crippen LogP contribution in [0.5, 0.6) is 0 Å². The van der Waals surface area contributed by atoms with Gasteiger partial charge in [-0.2, -0.15) is 0 Å². The van der Waals surface area contributed by atoms with Crippen LogP contribution in [0.15, 0.2) is 0 Å². The molecule has 7 heteroatoms. The minimum absolute atomic E-state index is 0.136. The number of nitrogens with one attached hydrogen (secondary N) is 1. The summed E-state index contributed by atoms with van der Waals surface area (Å²) in [4.78, 5) is 10.3. The van der Waals surface area contributed by atoms with E-state index in [2.05, 4.69) is 10.1 Å². The highest BCUT2D eigenvalue weighted by Crippen LogP contribution is 2.16. The Bertz CT molecular complexity index is 150. The summed E-state index contributed by atoms with van der Waals surface area (Å²) in [7, 11) is -4.10. The van der Waals surface area contributed by atoms with Crippen LogP contribution in [0.2, 0.25) is 6.04 Å². The topological polar surface area (TPSA) is 38.3 Å². The number of rotatable bonds is 4. The molecule has 1 amide bonds. The van der Waals surface area contributed by atoms with E-state index in [1.165, 1.54) is 7.05 Å². The lowest BCUT2D eigenvalue weighted by atomic mass is 10.5. The van der Waals surface area contributed by atoms with Crippen molar-refractivity contribution in [2.75, 3.05) is 13.7 Å². The predicted octanol–water partition coefficient (Wildman–Crippen LogP) is 1.58. The lowest BCUT2D eigenvalue weighted by Gasteiger charge is -2.03. The number of hydrogen-bond donors (Lipinski definition) is 1. The molecule has 0 unspecified atom stereocenters. The second-order valence-corrected chi connectivity index (χ2v) is 3.84. The maximum Gasteiger partial charge on any atom is 0.616 e. The lowest BCUT2D eigenvalue weighted by Crippen LogP contribution is -2.21. The van der Waals surface area contributed by atoms with Crippen LogP contribution in [0.4, 0.5) is 17.1 Å². The standard InChI is InChI=1S/C5H10F3NO2Si/c1-9-5(10)11-3-2-4-12(6,7)8/h2-4H2,1H3,(H,9,10). The molecule has 0 rings (SSSR count). The number of amides is 1. The van der Waals surface area contributed by atoms with E-state index in [4.69, 9.17) is 0 Å². The molecule has 0 aromatic heterocycles. The van der Waals surface area contributed by atoms with Crippen molar-refractivity contribution in [1.82, 2.24) is 5.32 Å². The smallest absolute Gasteiger partial charge is 0.450 e. The van der Waals surface area contributed by atoms with Gasteiger partial charge in [-0.25, -0.2) is 17.1 Å². The highest BCUT2D eigenvalue weighted by atomic mass is 28.5. The van der Waals surface area contributed by atoms with Crippen molar-refractivity contribution < 1.29 is 21.9 Å². The van der Waals surface area contributed by atoms with Gasteiger partial charge in [0.1, 0.15) is 0 Å². The average molecular weight is 201 g/mol. The molecule has 0 aromatic rings. The molecule has 0 aliphatic carbocycles. The van der Waals surface area contributed by atoms with Crippen molar-refractivity contribution >= 4 is 15.2 Å². The zero-order chi connectivity index (χ0) is 9.61. The van der Waals surface area contributed by atoms with Crippen LogP contribution < -0.4 is 5.32 Å². The Balaban J connectivity index is 3.28. The minimum Gasteiger partial charge on any atom is -0.450 e. The van der Waals surface area contributed by atoms with Crippen molar-refractivity contribution in [3.63, 3.8) is 0 Å². The van der Waals surface area contributed by atoms with E-state index < -0.39 is 21.2 Å². The van der Waals surface area contributed by atoms with E-state index in [0.29, 0.717) is 0 Å². The second kappa shape index (κ2) is 5.02. The molecule has 0 aliphatic heterocycles. The van der Waals surface area contributed by atoms with E-state index in [0.717, 1.165) is 0 Å². The predicted molar refractivity (Wildman–Crippen MR) is 38.9 cm³/mol. The van der Waals surface area contributed by atoms with Gasteiger partial charge in [0.25, 0.3) is 0 Å². The van der Waals surface area contributed by atoms with Crippen LogP contribution in [-0.4, -0.2) is 28.8 Å². The Labute approximate surface area is 69.4 Å². The molecule has 0 radical (unpaired) electrons. The molecule has 72 valence electrons. The first kappa shape index (κ1) is 11.3. The Kier molecular flexibility index (Phi) is 4.71. The normalized spacial score (nSPS) is 11.0. The lowest BCUT2D eigenvalue weighted by molar-refractivity contribution is 0.148. The van der Waals surface area contributed by atoms with Gasteiger partial charge in [-0.3, -0.25) is 0 Å². The van der Waals surface area contributed by atoms with Crippen molar-refractivity contribution in [1.29, 1.82) is 0 Å². The van der Waals surface area contributed by atoms with Crippen molar-refractivity contribution in [2.24, 2.45) is 0 Å². The fourth-order valence-corrected chi connectivity index (χ4v) is 1.05. The molecule has 3 nitrogen and oxygen atoms in total. The van der Waals surface area contributed by atoms with Gasteiger partial charge in [-0.15, -0.1) is 0 Å². The number of ether oxygens (including phenoxy) is 1. The van der Waals surface area contributed by atoms with Crippen molar-refractivity contribution in [3.8, 4) is 0 Å². The fourth-order valence-electron chi connectivity index (χ4n) is 0.510. The molecule has 0 saturated carbocycles. The number of halogens is 3. The Hall–Kier alpha value is -0.723. The van der Waals surface area contributed by atoms with Gasteiger partial charge in [0, 0.05) is 13.1 Å². The quantitative estimate of drug-likeness (QED) is 0.426. The van der Waals surface area contributed by atoms with E-state index in [1.807, 2.05) is 0 Å². The van der Waals surface area contributed by atoms with Crippen molar-refractivity contribution in [2.45, 2.75) is 12.5 Å². The summed E-state index contributed by atoms with van der Waals surface area (Å²) in [5.74, 6) is 0. The van der Waals surface area contributed by atoms with Crippen molar-refractivity contribution in [3.05, 3.63) is 0 Å². The number of alkyl carbamates (subject to hydrolysis) is 1. The van der Waals surface area contributed by atoms with E-state index >= 15 is 0 Å². The molecule has 0 spiro atoms. The molecule has 0 aliphatic rings. The summed E-state index contributed by atoms with van der Waals surface area (Å²) in [6.07, 6.45) is -0.831. The summed E-state index contributed by atoms with van der Waals surface area (Å²) in [6.45, 7) is -0.174. The summed E-state index contributed by atoms with van der Waals surface area (Å²) in [5, 5.41) is 2.13. The maximum atomic E-state index is 11.6. The van der Waals surface area contributed by atoms with Gasteiger partial charge in [-0.05, 0) is 6.42 Å². The molecular weight excluding hydrogens is 191 g/mol. The molecule has 0 saturated heterocycles. The van der Waals surface area contributed by atoms with Gasteiger partial charge in [-0.1, -0.05) is 0 Å². The Morgan fingerprint density at radius 2 is 2.08 bits per heavy atom. The largest absolute Gasteiger partial charge is 0.616 e. The van der Waals surface area contributed by atoms with Crippen LogP contribution in [0.1, 0.15) is 6.42 Å². The number of carbonyl (C=O) groups excluding carboxylic acids is 1. The molecule has 1 N–H and O–H groups in total. The van der Waals surface area contributed by atoms with Gasteiger partial charge < -0.3 is 10.1 Å². The van der Waals surface area contributed by atoms with Crippen LogP contribution in [-0.2, 0) is 4.74 Å². The third-order valence-corrected chi connectivity index (χ3v) is 1.96. The first-order valence-electron chi connectivity index (χ1n) is 3.37. The molecule has 0 bridgehead atoms. The van der Waals surface area contributed by atoms with E-state index in [1.54, 1.807) is 0 Å². The number of hydrogen-bond acceptors (Lipinski definition) is 2. The SMILES string of the molecule is CNC(=O)OCCC[Si](F)(F)F. The summed E-state index contributed by atoms with van der Waals surface area (Å²) < 4.78 is 39.3. The first-order chi connectivity index (χ1) is 5.45. The monoisotopic (exact) mass is 201 g/mol. The van der Waals surface area contributed by atoms with Crippen LogP contribution in [0, 0.1) is 0 Å². The number of carbonyl (C=O) groups is 1. The average Bonchev–Trinajstić information content (AvgIpc) is 1.96. The Morgan fingerprint density at radius 3 is 2.50 bits per heavy atom. The van der Waals surface area contributed by atoms with E-state index in [9.17, 15) is 17.1 Å². The second-order valence-electron chi connectivity index (χ2n) is 2.10. The minimum atomic E-state index is -5.45. The summed E-state index contributed by atoms with van der Waals surface area (Å²) in [6, 6.07) is -0.788. The van der Waals surface area contributed by atoms with E-state index in [-0.39, 0.29) is 13.0 Å². The molecule has 0 fully saturated rings. The molecule has 0 aromatic carbocycles. The van der Waals surface area contributed by atoms with Gasteiger partial charge in [0.05, 0.1) is 6.61 Å². The maximum absolute atomic E-state index is 11.6. The highest BCUT2D eigenvalue weighted by molar-refractivity contribution is 6.58. The third-order valence-electron chi connectivity index (χ3n) is 1.04. The molecular formula is C5H10F3NO2Si. The fraction of sp³-hybridized carbons (Fsp3) is 0.800. The molecule has 0 atom stereocenters. The summed E-state index contributed by atoms with van der Waals surface area (Å²) >= 11 is 0. The molecule has 0 heterocycles. The van der Waals surface area contributed by atoms with Gasteiger partial charge in [0.2, 0.25) is 0 Å². The van der Waals surface area contributed by atoms with Crippen LogP contribution >= 0.6 is 0 Å². The third kappa shape index (κ3) is 7.38. The van der Waals surface area contributed by atoms with Crippen LogP contribution in [0.25, 0.3) is 0 Å². The van der Waals surface area contributed by atoms with Crippen LogP contribution in [0.3, 0.4) is 0 Å². The van der Waals surface area contributed by atoms with Gasteiger partial charge in [0.15, 0.2) is 0 Å².